The molecule has 19 heavy (non-hydrogen) atoms. The molecule has 0 heterocycles. The summed E-state index contributed by atoms with van der Waals surface area (Å²) in [5.41, 5.74) is 2.40. The largest absolute Gasteiger partial charge is 0.354 e. The van der Waals surface area contributed by atoms with E-state index in [0.29, 0.717) is 6.54 Å². The highest BCUT2D eigenvalue weighted by molar-refractivity contribution is 5.90. The zero-order chi connectivity index (χ0) is 14.3. The molecule has 4 heteroatoms. The van der Waals surface area contributed by atoms with Crippen LogP contribution in [0.1, 0.15) is 11.1 Å². The summed E-state index contributed by atoms with van der Waals surface area (Å²) in [6.45, 7) is 6.04. The number of rotatable bonds is 6. The lowest BCUT2D eigenvalue weighted by molar-refractivity contribution is -0.131. The molecule has 0 saturated carbocycles. The van der Waals surface area contributed by atoms with Gasteiger partial charge in [0, 0.05) is 13.6 Å². The van der Waals surface area contributed by atoms with Crippen molar-refractivity contribution in [3.8, 4) is 0 Å². The minimum absolute atomic E-state index is 0.0542. The molecular formula is C15H20N2O2. The molecule has 0 unspecified atom stereocenters. The van der Waals surface area contributed by atoms with Crippen molar-refractivity contribution in [2.45, 2.75) is 13.3 Å². The Morgan fingerprint density at radius 3 is 2.79 bits per heavy atom. The molecule has 2 amide bonds. The highest BCUT2D eigenvalue weighted by Gasteiger charge is 2.09. The number of carbonyl (C=O) groups is 2. The summed E-state index contributed by atoms with van der Waals surface area (Å²) in [6, 6.07) is 8.17. The highest BCUT2D eigenvalue weighted by Crippen LogP contribution is 2.03. The molecule has 0 fully saturated rings. The Morgan fingerprint density at radius 1 is 1.42 bits per heavy atom. The lowest BCUT2D eigenvalue weighted by Crippen LogP contribution is -2.38. The summed E-state index contributed by atoms with van der Waals surface area (Å²) in [5, 5.41) is 2.79. The van der Waals surface area contributed by atoms with Crippen LogP contribution in [0, 0.1) is 6.92 Å². The van der Waals surface area contributed by atoms with Gasteiger partial charge in [0.15, 0.2) is 0 Å². The fourth-order valence-electron chi connectivity index (χ4n) is 1.72. The van der Waals surface area contributed by atoms with E-state index in [1.165, 1.54) is 22.1 Å². The van der Waals surface area contributed by atoms with Gasteiger partial charge in [0.1, 0.15) is 0 Å². The van der Waals surface area contributed by atoms with E-state index in [1.807, 2.05) is 25.1 Å². The molecule has 0 atom stereocenters. The number of hydrogen-bond donors (Lipinski definition) is 1. The Labute approximate surface area is 114 Å². The van der Waals surface area contributed by atoms with Gasteiger partial charge in [-0.2, -0.15) is 0 Å². The third-order valence-electron chi connectivity index (χ3n) is 2.75. The normalized spacial score (nSPS) is 9.79. The predicted octanol–water partition coefficient (Wildman–Crippen LogP) is 1.30. The first-order valence-electron chi connectivity index (χ1n) is 6.22. The maximum atomic E-state index is 11.6. The molecule has 0 saturated heterocycles. The standard InChI is InChI=1S/C15H20N2O2/c1-4-15(19)17(3)11-14(18)16-9-8-13-7-5-6-12(2)10-13/h4-7,10H,1,8-9,11H2,2-3H3,(H,16,18). The van der Waals surface area contributed by atoms with Crippen LogP contribution in [0.4, 0.5) is 0 Å². The first kappa shape index (κ1) is 15.0. The van der Waals surface area contributed by atoms with Gasteiger partial charge >= 0.3 is 0 Å². The molecule has 1 rings (SSSR count). The third-order valence-corrected chi connectivity index (χ3v) is 2.75. The molecule has 0 aliphatic heterocycles. The lowest BCUT2D eigenvalue weighted by atomic mass is 10.1. The van der Waals surface area contributed by atoms with Gasteiger partial charge < -0.3 is 10.2 Å². The monoisotopic (exact) mass is 260 g/mol. The Bertz CT molecular complexity index is 469. The molecule has 0 spiro atoms. The SMILES string of the molecule is C=CC(=O)N(C)CC(=O)NCCc1cccc(C)c1. The number of nitrogens with zero attached hydrogens (tertiary/aromatic N) is 1. The van der Waals surface area contributed by atoms with E-state index < -0.39 is 0 Å². The minimum Gasteiger partial charge on any atom is -0.354 e. The lowest BCUT2D eigenvalue weighted by Gasteiger charge is -2.14. The molecule has 0 aliphatic rings. The van der Waals surface area contributed by atoms with Gasteiger partial charge in [-0.3, -0.25) is 9.59 Å². The topological polar surface area (TPSA) is 49.4 Å². The van der Waals surface area contributed by atoms with Gasteiger partial charge in [-0.25, -0.2) is 0 Å². The van der Waals surface area contributed by atoms with Crippen LogP contribution < -0.4 is 5.32 Å². The van der Waals surface area contributed by atoms with Crippen molar-refractivity contribution in [1.82, 2.24) is 10.2 Å². The number of benzene rings is 1. The summed E-state index contributed by atoms with van der Waals surface area (Å²) >= 11 is 0. The van der Waals surface area contributed by atoms with Crippen molar-refractivity contribution >= 4 is 11.8 Å². The summed E-state index contributed by atoms with van der Waals surface area (Å²) in [5.74, 6) is -0.417. The molecule has 102 valence electrons. The average molecular weight is 260 g/mol. The van der Waals surface area contributed by atoms with Gasteiger partial charge in [-0.15, -0.1) is 0 Å². The quantitative estimate of drug-likeness (QED) is 0.784. The number of carbonyl (C=O) groups excluding carboxylic acids is 2. The first-order valence-corrected chi connectivity index (χ1v) is 6.22. The maximum absolute atomic E-state index is 11.6. The molecule has 0 bridgehead atoms. The average Bonchev–Trinajstić information content (AvgIpc) is 2.37. The molecule has 0 radical (unpaired) electrons. The van der Waals surface area contributed by atoms with E-state index in [-0.39, 0.29) is 18.4 Å². The fraction of sp³-hybridized carbons (Fsp3) is 0.333. The minimum atomic E-state index is -0.256. The maximum Gasteiger partial charge on any atom is 0.246 e. The molecule has 1 N–H and O–H groups in total. The van der Waals surface area contributed by atoms with E-state index in [4.69, 9.17) is 0 Å². The smallest absolute Gasteiger partial charge is 0.246 e. The van der Waals surface area contributed by atoms with Gasteiger partial charge in [-0.05, 0) is 25.0 Å². The second-order valence-corrected chi connectivity index (χ2v) is 4.49. The molecular weight excluding hydrogens is 240 g/mol. The van der Waals surface area contributed by atoms with E-state index in [2.05, 4.69) is 18.0 Å². The Morgan fingerprint density at radius 2 is 2.16 bits per heavy atom. The van der Waals surface area contributed by atoms with Crippen molar-refractivity contribution in [2.75, 3.05) is 20.1 Å². The number of aryl methyl sites for hydroxylation is 1. The fourth-order valence-corrected chi connectivity index (χ4v) is 1.72. The number of hydrogen-bond acceptors (Lipinski definition) is 2. The highest BCUT2D eigenvalue weighted by atomic mass is 16.2. The van der Waals surface area contributed by atoms with E-state index in [0.717, 1.165) is 6.42 Å². The Hall–Kier alpha value is -2.10. The van der Waals surface area contributed by atoms with Crippen molar-refractivity contribution in [3.05, 3.63) is 48.0 Å². The van der Waals surface area contributed by atoms with Gasteiger partial charge in [0.2, 0.25) is 11.8 Å². The van der Waals surface area contributed by atoms with Crippen LogP contribution in [0.25, 0.3) is 0 Å². The van der Waals surface area contributed by atoms with E-state index in [1.54, 1.807) is 7.05 Å². The predicted molar refractivity (Wildman–Crippen MR) is 75.7 cm³/mol. The molecule has 1 aromatic carbocycles. The van der Waals surface area contributed by atoms with Crippen LogP contribution in [0.5, 0.6) is 0 Å². The van der Waals surface area contributed by atoms with Crippen LogP contribution in [0.15, 0.2) is 36.9 Å². The van der Waals surface area contributed by atoms with Crippen molar-refractivity contribution in [1.29, 1.82) is 0 Å². The van der Waals surface area contributed by atoms with Gasteiger partial charge in [0.25, 0.3) is 0 Å². The van der Waals surface area contributed by atoms with Crippen LogP contribution in [-0.4, -0.2) is 36.9 Å². The molecule has 0 aromatic heterocycles. The van der Waals surface area contributed by atoms with Gasteiger partial charge in [0.05, 0.1) is 6.54 Å². The first-order chi connectivity index (χ1) is 9.02. The van der Waals surface area contributed by atoms with Crippen LogP contribution in [0.3, 0.4) is 0 Å². The van der Waals surface area contributed by atoms with Crippen LogP contribution in [0.2, 0.25) is 0 Å². The summed E-state index contributed by atoms with van der Waals surface area (Å²) in [7, 11) is 1.57. The van der Waals surface area contributed by atoms with E-state index >= 15 is 0 Å². The zero-order valence-electron chi connectivity index (χ0n) is 11.5. The van der Waals surface area contributed by atoms with Gasteiger partial charge in [-0.1, -0.05) is 36.4 Å². The van der Waals surface area contributed by atoms with Crippen LogP contribution >= 0.6 is 0 Å². The summed E-state index contributed by atoms with van der Waals surface area (Å²) < 4.78 is 0. The number of amides is 2. The van der Waals surface area contributed by atoms with Crippen molar-refractivity contribution in [3.63, 3.8) is 0 Å². The number of nitrogens with one attached hydrogen (secondary N) is 1. The Balaban J connectivity index is 2.31. The third kappa shape index (κ3) is 5.38. The van der Waals surface area contributed by atoms with Crippen LogP contribution in [-0.2, 0) is 16.0 Å². The molecule has 4 nitrogen and oxygen atoms in total. The molecule has 0 aliphatic carbocycles. The molecule has 1 aromatic rings. The van der Waals surface area contributed by atoms with E-state index in [9.17, 15) is 9.59 Å². The van der Waals surface area contributed by atoms with Crippen molar-refractivity contribution < 1.29 is 9.59 Å². The van der Waals surface area contributed by atoms with Crippen molar-refractivity contribution in [2.24, 2.45) is 0 Å². The second kappa shape index (κ2) is 7.36. The summed E-state index contributed by atoms with van der Waals surface area (Å²) in [6.07, 6.45) is 1.98. The second-order valence-electron chi connectivity index (χ2n) is 4.49. The Kier molecular flexibility index (Phi) is 5.79. The summed E-state index contributed by atoms with van der Waals surface area (Å²) in [4.78, 5) is 24.1. The number of likely N-dealkylation sites (N-methyl/N-ethyl adjacent to an activating group) is 1. The zero-order valence-corrected chi connectivity index (χ0v) is 11.5.